The van der Waals surface area contributed by atoms with Crippen LogP contribution in [0.15, 0.2) is 11.3 Å². The molecule has 2 amide bonds. The van der Waals surface area contributed by atoms with Crippen molar-refractivity contribution >= 4 is 23.3 Å². The molecule has 0 aromatic heterocycles. The summed E-state index contributed by atoms with van der Waals surface area (Å²) in [6.07, 6.45) is 1.19. The Hall–Kier alpha value is -1.98. The van der Waals surface area contributed by atoms with Crippen LogP contribution < -0.4 is 5.32 Å². The van der Waals surface area contributed by atoms with Gasteiger partial charge in [-0.25, -0.2) is 0 Å². The van der Waals surface area contributed by atoms with Gasteiger partial charge in [0.2, 0.25) is 11.8 Å². The number of aliphatic hydroxyl groups excluding tert-OH is 1. The van der Waals surface area contributed by atoms with Crippen molar-refractivity contribution in [1.29, 1.82) is 5.41 Å². The monoisotopic (exact) mass is 278 g/mol. The van der Waals surface area contributed by atoms with E-state index in [1.165, 1.54) is 0 Å². The van der Waals surface area contributed by atoms with E-state index in [0.717, 1.165) is 0 Å². The molecule has 1 aliphatic carbocycles. The smallest absolute Gasteiger partial charge is 0.226 e. The van der Waals surface area contributed by atoms with Crippen LogP contribution in [-0.2, 0) is 14.4 Å². The van der Waals surface area contributed by atoms with E-state index >= 15 is 0 Å². The van der Waals surface area contributed by atoms with Gasteiger partial charge in [0.05, 0.1) is 5.57 Å². The maximum Gasteiger partial charge on any atom is 0.226 e. The number of allylic oxidation sites excluding steroid dienone is 2. The molecule has 0 aromatic carbocycles. The lowest BCUT2D eigenvalue weighted by atomic mass is 9.82. The van der Waals surface area contributed by atoms with Crippen LogP contribution in [0.5, 0.6) is 0 Å². The number of nitrogens with one attached hydrogen (secondary N) is 2. The van der Waals surface area contributed by atoms with Gasteiger partial charge in [0.15, 0.2) is 5.78 Å². The molecule has 6 nitrogen and oxygen atoms in total. The van der Waals surface area contributed by atoms with Crippen molar-refractivity contribution in [1.82, 2.24) is 5.32 Å². The SMILES string of the molecule is CC1CC(=N)/C(=C(/O)CC2CC(=O)NC(=O)C2)C(=O)C1. The summed E-state index contributed by atoms with van der Waals surface area (Å²) < 4.78 is 0. The van der Waals surface area contributed by atoms with Crippen molar-refractivity contribution in [3.63, 3.8) is 0 Å². The number of aliphatic hydroxyl groups is 1. The van der Waals surface area contributed by atoms with Crippen LogP contribution >= 0.6 is 0 Å². The number of hydrogen-bond donors (Lipinski definition) is 3. The molecular weight excluding hydrogens is 260 g/mol. The van der Waals surface area contributed by atoms with Gasteiger partial charge in [0, 0.05) is 31.4 Å². The third-order valence-electron chi connectivity index (χ3n) is 3.66. The number of rotatable bonds is 2. The minimum Gasteiger partial charge on any atom is -0.511 e. The number of Topliss-reactive ketones (excluding diaryl/α,β-unsaturated/α-hetero) is 1. The number of piperidine rings is 1. The Morgan fingerprint density at radius 2 is 1.80 bits per heavy atom. The predicted molar refractivity (Wildman–Crippen MR) is 71.3 cm³/mol. The summed E-state index contributed by atoms with van der Waals surface area (Å²) in [6, 6.07) is 0. The van der Waals surface area contributed by atoms with Crippen molar-refractivity contribution in [2.24, 2.45) is 11.8 Å². The third-order valence-corrected chi connectivity index (χ3v) is 3.66. The van der Waals surface area contributed by atoms with Gasteiger partial charge in [0.1, 0.15) is 5.76 Å². The van der Waals surface area contributed by atoms with Crippen LogP contribution in [0.1, 0.15) is 39.0 Å². The van der Waals surface area contributed by atoms with Gasteiger partial charge in [0.25, 0.3) is 0 Å². The van der Waals surface area contributed by atoms with Gasteiger partial charge in [-0.2, -0.15) is 0 Å². The molecule has 1 unspecified atom stereocenters. The van der Waals surface area contributed by atoms with Gasteiger partial charge in [-0.15, -0.1) is 0 Å². The first-order chi connectivity index (χ1) is 9.36. The predicted octanol–water partition coefficient (Wildman–Crippen LogP) is 1.26. The Balaban J connectivity index is 2.13. The van der Waals surface area contributed by atoms with Gasteiger partial charge in [-0.05, 0) is 18.3 Å². The molecule has 108 valence electrons. The summed E-state index contributed by atoms with van der Waals surface area (Å²) in [5.41, 5.74) is 0.236. The Kier molecular flexibility index (Phi) is 4.01. The average Bonchev–Trinajstić information content (AvgIpc) is 2.25. The quantitative estimate of drug-likeness (QED) is 0.401. The van der Waals surface area contributed by atoms with E-state index in [9.17, 15) is 19.5 Å². The third kappa shape index (κ3) is 3.12. The number of ketones is 1. The minimum absolute atomic E-state index is 0.0848. The van der Waals surface area contributed by atoms with Crippen LogP contribution in [0.4, 0.5) is 0 Å². The van der Waals surface area contributed by atoms with E-state index in [4.69, 9.17) is 5.41 Å². The van der Waals surface area contributed by atoms with Crippen LogP contribution in [-0.4, -0.2) is 28.4 Å². The van der Waals surface area contributed by atoms with Crippen molar-refractivity contribution < 1.29 is 19.5 Å². The zero-order valence-electron chi connectivity index (χ0n) is 11.4. The number of imide groups is 1. The van der Waals surface area contributed by atoms with Crippen LogP contribution in [0.25, 0.3) is 0 Å². The molecule has 2 rings (SSSR count). The molecule has 2 aliphatic rings. The van der Waals surface area contributed by atoms with Crippen LogP contribution in [0, 0.1) is 17.2 Å². The van der Waals surface area contributed by atoms with Crippen LogP contribution in [0.3, 0.4) is 0 Å². The Morgan fingerprint density at radius 1 is 1.20 bits per heavy atom. The lowest BCUT2D eigenvalue weighted by molar-refractivity contribution is -0.134. The second-order valence-corrected chi connectivity index (χ2v) is 5.69. The Bertz CT molecular complexity index is 485. The van der Waals surface area contributed by atoms with Gasteiger partial charge in [-0.1, -0.05) is 6.92 Å². The number of carbonyl (C=O) groups is 3. The lowest BCUT2D eigenvalue weighted by Gasteiger charge is -2.24. The Labute approximate surface area is 116 Å². The van der Waals surface area contributed by atoms with Crippen molar-refractivity contribution in [2.45, 2.75) is 39.0 Å². The molecular formula is C14H18N2O4. The maximum absolute atomic E-state index is 11.9. The van der Waals surface area contributed by atoms with Gasteiger partial charge < -0.3 is 10.5 Å². The molecule has 1 saturated carbocycles. The summed E-state index contributed by atoms with van der Waals surface area (Å²) in [5, 5.41) is 20.2. The molecule has 1 saturated heterocycles. The van der Waals surface area contributed by atoms with E-state index in [0.29, 0.717) is 12.8 Å². The first-order valence-corrected chi connectivity index (χ1v) is 6.72. The zero-order chi connectivity index (χ0) is 14.9. The zero-order valence-corrected chi connectivity index (χ0v) is 11.4. The standard InChI is InChI=1S/C14H18N2O4/c1-7-2-9(15)14(10(17)3-7)11(18)4-8-5-12(19)16-13(20)6-8/h7-8,15,18H,2-6H2,1H3,(H,16,19,20)/b14-11-,15-9?. The summed E-state index contributed by atoms with van der Waals surface area (Å²) in [5.74, 6) is -1.28. The topological polar surface area (TPSA) is 107 Å². The largest absolute Gasteiger partial charge is 0.511 e. The van der Waals surface area contributed by atoms with E-state index in [2.05, 4.69) is 5.32 Å². The van der Waals surface area contributed by atoms with Crippen LogP contribution in [0.2, 0.25) is 0 Å². The highest BCUT2D eigenvalue weighted by atomic mass is 16.3. The highest BCUT2D eigenvalue weighted by molar-refractivity contribution is 6.23. The fourth-order valence-electron chi connectivity index (χ4n) is 2.82. The number of hydrogen-bond acceptors (Lipinski definition) is 5. The highest BCUT2D eigenvalue weighted by Crippen LogP contribution is 2.28. The minimum atomic E-state index is -0.359. The molecule has 0 radical (unpaired) electrons. The second-order valence-electron chi connectivity index (χ2n) is 5.69. The molecule has 1 atom stereocenters. The molecule has 1 heterocycles. The molecule has 6 heteroatoms. The van der Waals surface area contributed by atoms with Crippen molar-refractivity contribution in [3.05, 3.63) is 11.3 Å². The first kappa shape index (κ1) is 14.4. The molecule has 1 aliphatic heterocycles. The fourth-order valence-corrected chi connectivity index (χ4v) is 2.82. The number of amides is 2. The molecule has 20 heavy (non-hydrogen) atoms. The van der Waals surface area contributed by atoms with E-state index in [1.54, 1.807) is 0 Å². The molecule has 0 spiro atoms. The average molecular weight is 278 g/mol. The summed E-state index contributed by atoms with van der Waals surface area (Å²) in [4.78, 5) is 34.5. The lowest BCUT2D eigenvalue weighted by Crippen LogP contribution is -2.38. The second kappa shape index (κ2) is 5.56. The molecule has 0 bridgehead atoms. The highest BCUT2D eigenvalue weighted by Gasteiger charge is 2.31. The molecule has 3 N–H and O–H groups in total. The van der Waals surface area contributed by atoms with Crippen molar-refractivity contribution in [2.75, 3.05) is 0 Å². The maximum atomic E-state index is 11.9. The molecule has 0 aromatic rings. The van der Waals surface area contributed by atoms with E-state index in [-0.39, 0.29) is 65.7 Å². The Morgan fingerprint density at radius 3 is 2.35 bits per heavy atom. The fraction of sp³-hybridized carbons (Fsp3) is 0.571. The van der Waals surface area contributed by atoms with E-state index < -0.39 is 0 Å². The van der Waals surface area contributed by atoms with Gasteiger partial charge >= 0.3 is 0 Å². The number of carbonyl (C=O) groups excluding carboxylic acids is 3. The van der Waals surface area contributed by atoms with Gasteiger partial charge in [-0.3, -0.25) is 19.7 Å². The summed E-state index contributed by atoms with van der Waals surface area (Å²) in [7, 11) is 0. The van der Waals surface area contributed by atoms with E-state index in [1.807, 2.05) is 6.92 Å². The summed E-state index contributed by atoms with van der Waals surface area (Å²) >= 11 is 0. The summed E-state index contributed by atoms with van der Waals surface area (Å²) in [6.45, 7) is 1.89. The first-order valence-electron chi connectivity index (χ1n) is 6.72. The van der Waals surface area contributed by atoms with Crippen molar-refractivity contribution in [3.8, 4) is 0 Å². The molecule has 2 fully saturated rings. The normalized spacial score (nSPS) is 27.6.